The molecule has 0 bridgehead atoms. The number of hydrogen-bond acceptors (Lipinski definition) is 4. The molecule has 6 nitrogen and oxygen atoms in total. The Morgan fingerprint density at radius 3 is 3.16 bits per heavy atom. The van der Waals surface area contributed by atoms with Crippen LogP contribution in [-0.4, -0.2) is 45.7 Å². The Morgan fingerprint density at radius 1 is 1.53 bits per heavy atom. The number of fused-ring (bicyclic) bond motifs is 1. The summed E-state index contributed by atoms with van der Waals surface area (Å²) in [4.78, 5) is 21.6. The molecule has 1 aliphatic carbocycles. The Bertz CT molecular complexity index is 505. The van der Waals surface area contributed by atoms with Gasteiger partial charge in [-0.05, 0) is 18.8 Å². The number of carbonyl (C=O) groups is 1. The van der Waals surface area contributed by atoms with Gasteiger partial charge in [0.15, 0.2) is 0 Å². The summed E-state index contributed by atoms with van der Waals surface area (Å²) in [6.07, 6.45) is 2.75. The molecule has 0 radical (unpaired) electrons. The molecular weight excluding hydrogens is 244 g/mol. The lowest BCUT2D eigenvalue weighted by Crippen LogP contribution is -2.48. The third-order valence-corrected chi connectivity index (χ3v) is 4.11. The Kier molecular flexibility index (Phi) is 3.10. The lowest BCUT2D eigenvalue weighted by Gasteiger charge is -2.34. The van der Waals surface area contributed by atoms with E-state index in [-0.39, 0.29) is 6.04 Å². The number of hydrogen-bond donors (Lipinski definition) is 2. The molecule has 2 unspecified atom stereocenters. The van der Waals surface area contributed by atoms with Crippen molar-refractivity contribution in [3.05, 3.63) is 23.3 Å². The first-order valence-corrected chi connectivity index (χ1v) is 6.72. The predicted octanol–water partition coefficient (Wildman–Crippen LogP) is 1.15. The molecule has 1 amide bonds. The van der Waals surface area contributed by atoms with Crippen molar-refractivity contribution >= 4 is 6.09 Å². The number of carboxylic acid groups (broad SMARTS) is 1. The number of amides is 1. The van der Waals surface area contributed by atoms with Crippen LogP contribution in [0.2, 0.25) is 0 Å². The second-order valence-corrected chi connectivity index (χ2v) is 5.25. The standard InChI is InChI=1S/C13H18N4O2/c1-8-2-3-9-11(8)12(16-7-15-9)10-6-14-4-5-17(10)13(18)19/h7-8,10,14H,2-6H2,1H3,(H,18,19). The van der Waals surface area contributed by atoms with Crippen LogP contribution in [0.1, 0.15) is 42.3 Å². The minimum atomic E-state index is -0.871. The van der Waals surface area contributed by atoms with E-state index in [1.165, 1.54) is 10.5 Å². The van der Waals surface area contributed by atoms with Crippen molar-refractivity contribution in [3.8, 4) is 0 Å². The number of rotatable bonds is 1. The van der Waals surface area contributed by atoms with Gasteiger partial charge in [-0.2, -0.15) is 0 Å². The summed E-state index contributed by atoms with van der Waals surface area (Å²) >= 11 is 0. The van der Waals surface area contributed by atoms with Crippen LogP contribution in [-0.2, 0) is 6.42 Å². The van der Waals surface area contributed by atoms with Crippen LogP contribution < -0.4 is 5.32 Å². The molecule has 2 atom stereocenters. The Balaban J connectivity index is 2.01. The third kappa shape index (κ3) is 2.06. The van der Waals surface area contributed by atoms with Crippen molar-refractivity contribution in [1.29, 1.82) is 0 Å². The van der Waals surface area contributed by atoms with Crippen LogP contribution in [0.3, 0.4) is 0 Å². The van der Waals surface area contributed by atoms with Crippen molar-refractivity contribution in [2.24, 2.45) is 0 Å². The second-order valence-electron chi connectivity index (χ2n) is 5.25. The van der Waals surface area contributed by atoms with Crippen LogP contribution in [0.4, 0.5) is 4.79 Å². The fourth-order valence-corrected chi connectivity index (χ4v) is 3.12. The molecule has 0 spiro atoms. The van der Waals surface area contributed by atoms with Crippen molar-refractivity contribution < 1.29 is 9.90 Å². The molecular formula is C13H18N4O2. The summed E-state index contributed by atoms with van der Waals surface area (Å²) in [6, 6.07) is -0.191. The molecule has 2 aliphatic rings. The molecule has 1 saturated heterocycles. The van der Waals surface area contributed by atoms with Gasteiger partial charge < -0.3 is 10.4 Å². The zero-order valence-corrected chi connectivity index (χ0v) is 11.0. The van der Waals surface area contributed by atoms with E-state index >= 15 is 0 Å². The molecule has 1 aromatic rings. The van der Waals surface area contributed by atoms with Gasteiger partial charge in [0.2, 0.25) is 0 Å². The lowest BCUT2D eigenvalue weighted by atomic mass is 9.97. The van der Waals surface area contributed by atoms with E-state index in [1.807, 2.05) is 0 Å². The largest absolute Gasteiger partial charge is 0.465 e. The maximum Gasteiger partial charge on any atom is 0.407 e. The van der Waals surface area contributed by atoms with Gasteiger partial charge in [-0.1, -0.05) is 6.92 Å². The lowest BCUT2D eigenvalue weighted by molar-refractivity contribution is 0.110. The SMILES string of the molecule is CC1CCc2ncnc(C3CNCCN3C(=O)O)c21. The van der Waals surface area contributed by atoms with Gasteiger partial charge in [-0.3, -0.25) is 4.90 Å². The number of piperazine rings is 1. The van der Waals surface area contributed by atoms with Crippen LogP contribution in [0, 0.1) is 0 Å². The van der Waals surface area contributed by atoms with Crippen LogP contribution in [0.15, 0.2) is 6.33 Å². The zero-order valence-electron chi connectivity index (χ0n) is 11.0. The molecule has 102 valence electrons. The van der Waals surface area contributed by atoms with Gasteiger partial charge in [-0.15, -0.1) is 0 Å². The molecule has 0 saturated carbocycles. The number of aryl methyl sites for hydroxylation is 1. The fourth-order valence-electron chi connectivity index (χ4n) is 3.12. The Labute approximate surface area is 111 Å². The first-order chi connectivity index (χ1) is 9.18. The minimum absolute atomic E-state index is 0.191. The van der Waals surface area contributed by atoms with Gasteiger partial charge >= 0.3 is 6.09 Å². The molecule has 1 aromatic heterocycles. The van der Waals surface area contributed by atoms with Gasteiger partial charge in [0.1, 0.15) is 6.33 Å². The van der Waals surface area contributed by atoms with Crippen molar-refractivity contribution in [1.82, 2.24) is 20.2 Å². The molecule has 1 fully saturated rings. The average Bonchev–Trinajstić information content (AvgIpc) is 2.81. The molecule has 19 heavy (non-hydrogen) atoms. The highest BCUT2D eigenvalue weighted by atomic mass is 16.4. The second kappa shape index (κ2) is 4.77. The van der Waals surface area contributed by atoms with Gasteiger partial charge in [0.05, 0.1) is 11.7 Å². The molecule has 1 aliphatic heterocycles. The Morgan fingerprint density at radius 2 is 2.37 bits per heavy atom. The number of aromatic nitrogens is 2. The van der Waals surface area contributed by atoms with Crippen molar-refractivity contribution in [2.45, 2.75) is 31.7 Å². The van der Waals surface area contributed by atoms with Gasteiger partial charge in [-0.25, -0.2) is 14.8 Å². The van der Waals surface area contributed by atoms with E-state index in [9.17, 15) is 9.90 Å². The zero-order chi connectivity index (χ0) is 13.4. The number of nitrogens with zero attached hydrogens (tertiary/aromatic N) is 3. The van der Waals surface area contributed by atoms with Crippen LogP contribution in [0.25, 0.3) is 0 Å². The highest BCUT2D eigenvalue weighted by Gasteiger charge is 2.34. The Hall–Kier alpha value is -1.69. The molecule has 2 N–H and O–H groups in total. The maximum atomic E-state index is 11.4. The summed E-state index contributed by atoms with van der Waals surface area (Å²) in [5.74, 6) is 0.420. The quantitative estimate of drug-likeness (QED) is 0.793. The van der Waals surface area contributed by atoms with Crippen LogP contribution >= 0.6 is 0 Å². The molecule has 3 rings (SSSR count). The molecule has 0 aromatic carbocycles. The fraction of sp³-hybridized carbons (Fsp3) is 0.615. The number of nitrogens with one attached hydrogen (secondary N) is 1. The van der Waals surface area contributed by atoms with Gasteiger partial charge in [0, 0.05) is 30.9 Å². The van der Waals surface area contributed by atoms with E-state index in [0.29, 0.717) is 25.6 Å². The van der Waals surface area contributed by atoms with Crippen molar-refractivity contribution in [3.63, 3.8) is 0 Å². The normalized spacial score (nSPS) is 26.3. The topological polar surface area (TPSA) is 78.4 Å². The molecule has 6 heteroatoms. The third-order valence-electron chi connectivity index (χ3n) is 4.11. The smallest absolute Gasteiger partial charge is 0.407 e. The summed E-state index contributed by atoms with van der Waals surface area (Å²) in [5.41, 5.74) is 3.15. The monoisotopic (exact) mass is 262 g/mol. The first-order valence-electron chi connectivity index (χ1n) is 6.72. The first kappa shape index (κ1) is 12.3. The van der Waals surface area contributed by atoms with Crippen molar-refractivity contribution in [2.75, 3.05) is 19.6 Å². The van der Waals surface area contributed by atoms with E-state index in [1.54, 1.807) is 6.33 Å². The predicted molar refractivity (Wildman–Crippen MR) is 69.1 cm³/mol. The van der Waals surface area contributed by atoms with Gasteiger partial charge in [0.25, 0.3) is 0 Å². The van der Waals surface area contributed by atoms with E-state index < -0.39 is 6.09 Å². The highest BCUT2D eigenvalue weighted by molar-refractivity contribution is 5.66. The highest BCUT2D eigenvalue weighted by Crippen LogP contribution is 2.36. The van der Waals surface area contributed by atoms with Crippen LogP contribution in [0.5, 0.6) is 0 Å². The molecule has 2 heterocycles. The minimum Gasteiger partial charge on any atom is -0.465 e. The summed E-state index contributed by atoms with van der Waals surface area (Å²) in [7, 11) is 0. The maximum absolute atomic E-state index is 11.4. The van der Waals surface area contributed by atoms with E-state index in [0.717, 1.165) is 24.2 Å². The summed E-state index contributed by atoms with van der Waals surface area (Å²) in [5, 5.41) is 12.6. The summed E-state index contributed by atoms with van der Waals surface area (Å²) in [6.45, 7) is 4.00. The van der Waals surface area contributed by atoms with E-state index in [2.05, 4.69) is 22.2 Å². The van der Waals surface area contributed by atoms with E-state index in [4.69, 9.17) is 0 Å². The average molecular weight is 262 g/mol. The summed E-state index contributed by atoms with van der Waals surface area (Å²) < 4.78 is 0.